The molecule has 104 valence electrons. The molecule has 1 N–H and O–H groups in total. The van der Waals surface area contributed by atoms with E-state index < -0.39 is 0 Å². The average molecular weight is 279 g/mol. The second-order valence-corrected chi connectivity index (χ2v) is 6.02. The summed E-state index contributed by atoms with van der Waals surface area (Å²) in [4.78, 5) is 0. The second kappa shape index (κ2) is 6.25. The Morgan fingerprint density at radius 3 is 2.74 bits per heavy atom. The lowest BCUT2D eigenvalue weighted by atomic mass is 10.1. The molecule has 2 unspecified atom stereocenters. The lowest BCUT2D eigenvalue weighted by Crippen LogP contribution is -2.27. The predicted molar refractivity (Wildman–Crippen MR) is 77.2 cm³/mol. The van der Waals surface area contributed by atoms with Crippen LogP contribution in [0.1, 0.15) is 51.2 Å². The van der Waals surface area contributed by atoms with Crippen LogP contribution in [-0.4, -0.2) is 26.8 Å². The highest BCUT2D eigenvalue weighted by molar-refractivity contribution is 7.07. The Kier molecular flexibility index (Phi) is 4.66. The summed E-state index contributed by atoms with van der Waals surface area (Å²) in [5.41, 5.74) is 1.25. The van der Waals surface area contributed by atoms with Crippen LogP contribution in [0.3, 0.4) is 0 Å². The van der Waals surface area contributed by atoms with Gasteiger partial charge in [0, 0.05) is 0 Å². The Labute approximate surface area is 118 Å². The van der Waals surface area contributed by atoms with Gasteiger partial charge >= 0.3 is 0 Å². The van der Waals surface area contributed by atoms with Gasteiger partial charge in [-0.2, -0.15) is 11.3 Å². The van der Waals surface area contributed by atoms with Crippen LogP contribution in [0.15, 0.2) is 16.8 Å². The Bertz CT molecular complexity index is 491. The first kappa shape index (κ1) is 14.1. The van der Waals surface area contributed by atoms with Crippen molar-refractivity contribution in [2.24, 2.45) is 5.92 Å². The van der Waals surface area contributed by atoms with Crippen LogP contribution < -0.4 is 5.32 Å². The van der Waals surface area contributed by atoms with Crippen LogP contribution in [0.25, 0.3) is 0 Å². The molecule has 0 aliphatic rings. The second-order valence-electron chi connectivity index (χ2n) is 5.24. The normalized spacial score (nSPS) is 14.8. The van der Waals surface area contributed by atoms with Crippen LogP contribution in [0.4, 0.5) is 0 Å². The molecule has 6 heteroatoms. The molecule has 19 heavy (non-hydrogen) atoms. The minimum Gasteiger partial charge on any atom is -0.307 e. The van der Waals surface area contributed by atoms with Crippen molar-refractivity contribution in [2.75, 3.05) is 6.54 Å². The maximum absolute atomic E-state index is 4.17. The average Bonchev–Trinajstić information content (AvgIpc) is 3.05. The Hall–Kier alpha value is -1.27. The van der Waals surface area contributed by atoms with Gasteiger partial charge in [0.15, 0.2) is 5.82 Å². The predicted octanol–water partition coefficient (Wildman–Crippen LogP) is 2.65. The van der Waals surface area contributed by atoms with Crippen molar-refractivity contribution in [2.45, 2.75) is 39.8 Å². The molecule has 5 nitrogen and oxygen atoms in total. The number of tetrazole rings is 1. The molecule has 0 aliphatic carbocycles. The van der Waals surface area contributed by atoms with E-state index in [1.165, 1.54) is 5.56 Å². The molecule has 0 saturated heterocycles. The van der Waals surface area contributed by atoms with Crippen LogP contribution in [-0.2, 0) is 0 Å². The van der Waals surface area contributed by atoms with Crippen molar-refractivity contribution in [3.63, 3.8) is 0 Å². The molecule has 2 aromatic heterocycles. The number of nitrogens with one attached hydrogen (secondary N) is 1. The van der Waals surface area contributed by atoms with Gasteiger partial charge in [-0.25, -0.2) is 4.68 Å². The van der Waals surface area contributed by atoms with Crippen LogP contribution in [0.5, 0.6) is 0 Å². The number of aromatic nitrogens is 4. The maximum atomic E-state index is 4.17. The monoisotopic (exact) mass is 279 g/mol. The first-order valence-electron chi connectivity index (χ1n) is 6.62. The molecule has 2 rings (SSSR count). The van der Waals surface area contributed by atoms with Crippen molar-refractivity contribution in [1.82, 2.24) is 25.5 Å². The Morgan fingerprint density at radius 1 is 1.32 bits per heavy atom. The molecular weight excluding hydrogens is 258 g/mol. The van der Waals surface area contributed by atoms with E-state index in [4.69, 9.17) is 0 Å². The highest BCUT2D eigenvalue weighted by Crippen LogP contribution is 2.22. The summed E-state index contributed by atoms with van der Waals surface area (Å²) in [6.45, 7) is 9.57. The minimum absolute atomic E-state index is 0.151. The van der Waals surface area contributed by atoms with Crippen molar-refractivity contribution in [3.8, 4) is 0 Å². The van der Waals surface area contributed by atoms with Gasteiger partial charge in [-0.1, -0.05) is 13.8 Å². The fraction of sp³-hybridized carbons (Fsp3) is 0.615. The third-order valence-corrected chi connectivity index (χ3v) is 3.83. The lowest BCUT2D eigenvalue weighted by molar-refractivity contribution is 0.440. The summed E-state index contributed by atoms with van der Waals surface area (Å²) in [7, 11) is 0. The topological polar surface area (TPSA) is 55.6 Å². The van der Waals surface area contributed by atoms with Gasteiger partial charge in [0.05, 0.1) is 12.1 Å². The van der Waals surface area contributed by atoms with E-state index in [1.54, 1.807) is 11.3 Å². The molecule has 2 atom stereocenters. The third kappa shape index (κ3) is 3.39. The molecule has 0 spiro atoms. The summed E-state index contributed by atoms with van der Waals surface area (Å²) in [6, 6.07) is 2.44. The van der Waals surface area contributed by atoms with Crippen LogP contribution in [0.2, 0.25) is 0 Å². The van der Waals surface area contributed by atoms with Crippen molar-refractivity contribution < 1.29 is 0 Å². The molecule has 0 bridgehead atoms. The highest BCUT2D eigenvalue weighted by Gasteiger charge is 2.19. The maximum Gasteiger partial charge on any atom is 0.168 e. The van der Waals surface area contributed by atoms with E-state index in [9.17, 15) is 0 Å². The SMILES string of the molecule is CC(C)CNC(C)c1nnnn1C(C)c1ccsc1. The molecule has 0 fully saturated rings. The lowest BCUT2D eigenvalue weighted by Gasteiger charge is -2.18. The van der Waals surface area contributed by atoms with Crippen molar-refractivity contribution in [3.05, 3.63) is 28.2 Å². The molecule has 0 radical (unpaired) electrons. The highest BCUT2D eigenvalue weighted by atomic mass is 32.1. The van der Waals surface area contributed by atoms with E-state index in [2.05, 4.69) is 65.4 Å². The third-order valence-electron chi connectivity index (χ3n) is 3.13. The standard InChI is InChI=1S/C13H21N5S/c1-9(2)7-14-10(3)13-15-16-17-18(13)11(4)12-5-6-19-8-12/h5-6,8-11,14H,7H2,1-4H3. The van der Waals surface area contributed by atoms with Crippen LogP contribution >= 0.6 is 11.3 Å². The Morgan fingerprint density at radius 2 is 2.11 bits per heavy atom. The minimum atomic E-state index is 0.151. The Balaban J connectivity index is 2.13. The van der Waals surface area contributed by atoms with E-state index in [1.807, 2.05) is 4.68 Å². The smallest absolute Gasteiger partial charge is 0.168 e. The summed E-state index contributed by atoms with van der Waals surface area (Å²) in [5, 5.41) is 19.8. The van der Waals surface area contributed by atoms with Crippen molar-refractivity contribution in [1.29, 1.82) is 0 Å². The first-order chi connectivity index (χ1) is 9.09. The van der Waals surface area contributed by atoms with Gasteiger partial charge in [0.1, 0.15) is 0 Å². The van der Waals surface area contributed by atoms with Gasteiger partial charge < -0.3 is 5.32 Å². The van der Waals surface area contributed by atoms with E-state index in [0.29, 0.717) is 5.92 Å². The molecule has 0 amide bonds. The number of rotatable bonds is 6. The summed E-state index contributed by atoms with van der Waals surface area (Å²) < 4.78 is 1.90. The first-order valence-corrected chi connectivity index (χ1v) is 7.57. The van der Waals surface area contributed by atoms with Crippen molar-refractivity contribution >= 4 is 11.3 Å². The number of hydrogen-bond acceptors (Lipinski definition) is 5. The van der Waals surface area contributed by atoms with E-state index in [-0.39, 0.29) is 12.1 Å². The van der Waals surface area contributed by atoms with Crippen LogP contribution in [0, 0.1) is 5.92 Å². The number of thiophene rings is 1. The van der Waals surface area contributed by atoms with E-state index >= 15 is 0 Å². The largest absolute Gasteiger partial charge is 0.307 e. The molecular formula is C13H21N5S. The van der Waals surface area contributed by atoms with E-state index in [0.717, 1.165) is 12.4 Å². The molecule has 2 heterocycles. The summed E-state index contributed by atoms with van der Waals surface area (Å²) in [6.07, 6.45) is 0. The number of hydrogen-bond donors (Lipinski definition) is 1. The summed E-state index contributed by atoms with van der Waals surface area (Å²) >= 11 is 1.70. The molecule has 0 aromatic carbocycles. The molecule has 0 saturated carbocycles. The van der Waals surface area contributed by atoms with Gasteiger partial charge in [-0.3, -0.25) is 0 Å². The van der Waals surface area contributed by atoms with Gasteiger partial charge in [-0.05, 0) is 59.1 Å². The zero-order valence-electron chi connectivity index (χ0n) is 11.9. The van der Waals surface area contributed by atoms with Gasteiger partial charge in [-0.15, -0.1) is 5.10 Å². The summed E-state index contributed by atoms with van der Waals surface area (Å²) in [5.74, 6) is 1.50. The molecule has 2 aromatic rings. The number of nitrogens with zero attached hydrogens (tertiary/aromatic N) is 4. The fourth-order valence-corrected chi connectivity index (χ4v) is 2.67. The zero-order valence-corrected chi connectivity index (χ0v) is 12.7. The quantitative estimate of drug-likeness (QED) is 0.883. The molecule has 0 aliphatic heterocycles. The van der Waals surface area contributed by atoms with Gasteiger partial charge in [0.25, 0.3) is 0 Å². The van der Waals surface area contributed by atoms with Gasteiger partial charge in [0.2, 0.25) is 0 Å². The zero-order chi connectivity index (χ0) is 13.8. The fourth-order valence-electron chi connectivity index (χ4n) is 1.92.